The van der Waals surface area contributed by atoms with E-state index in [1.807, 2.05) is 6.07 Å². The predicted octanol–water partition coefficient (Wildman–Crippen LogP) is 2.56. The molecule has 9 nitrogen and oxygen atoms in total. The Morgan fingerprint density at radius 2 is 2.00 bits per heavy atom. The summed E-state index contributed by atoms with van der Waals surface area (Å²) in [6.45, 7) is 3.43. The summed E-state index contributed by atoms with van der Waals surface area (Å²) in [6, 6.07) is 7.07. The molecule has 0 saturated heterocycles. The molecule has 0 aliphatic heterocycles. The quantitative estimate of drug-likeness (QED) is 0.525. The van der Waals surface area contributed by atoms with E-state index in [0.29, 0.717) is 28.0 Å². The molecule has 3 aromatic rings. The number of nitrogens with zero attached hydrogens (tertiary/aromatic N) is 4. The van der Waals surface area contributed by atoms with Gasteiger partial charge in [-0.3, -0.25) is 13.7 Å². The zero-order chi connectivity index (χ0) is 20.1. The molecule has 1 aromatic carbocycles. The van der Waals surface area contributed by atoms with Gasteiger partial charge in [0.1, 0.15) is 0 Å². The van der Waals surface area contributed by atoms with Gasteiger partial charge >= 0.3 is 0 Å². The van der Waals surface area contributed by atoms with Crippen molar-refractivity contribution in [3.63, 3.8) is 0 Å². The molecule has 0 saturated carbocycles. The first-order valence-corrected chi connectivity index (χ1v) is 9.77. The first-order chi connectivity index (χ1) is 13.4. The Hall–Kier alpha value is -3.53. The molecular formula is C18H19N7O2S. The molecule has 1 atom stereocenters. The van der Waals surface area contributed by atoms with Crippen LogP contribution < -0.4 is 16.0 Å². The van der Waals surface area contributed by atoms with Crippen LogP contribution in [0, 0.1) is 0 Å². The molecule has 28 heavy (non-hydrogen) atoms. The standard InChI is InChI=1S/C18H19N7O2S/c1-4-16(26)21-12-6-5-7-13(8-12)22-17-15(28(3)27)10-19-18(24-17)23-14-9-20-25(2)11-14/h4-11H,1H2,2-3H3,(H,21,26)(H2,19,22,23,24). The number of aromatic nitrogens is 4. The third-order valence-corrected chi connectivity index (χ3v) is 4.52. The summed E-state index contributed by atoms with van der Waals surface area (Å²) >= 11 is 0. The van der Waals surface area contributed by atoms with E-state index in [9.17, 15) is 9.00 Å². The topological polar surface area (TPSA) is 114 Å². The first kappa shape index (κ1) is 19.2. The van der Waals surface area contributed by atoms with Gasteiger partial charge in [-0.15, -0.1) is 0 Å². The molecule has 0 fully saturated rings. The molecule has 3 N–H and O–H groups in total. The number of aryl methyl sites for hydroxylation is 1. The Kier molecular flexibility index (Phi) is 5.80. The fourth-order valence-electron chi connectivity index (χ4n) is 2.35. The Morgan fingerprint density at radius 1 is 1.21 bits per heavy atom. The summed E-state index contributed by atoms with van der Waals surface area (Å²) in [5.74, 6) is 0.424. The van der Waals surface area contributed by atoms with Gasteiger partial charge in [0.15, 0.2) is 5.82 Å². The smallest absolute Gasteiger partial charge is 0.247 e. The van der Waals surface area contributed by atoms with Crippen molar-refractivity contribution in [1.82, 2.24) is 19.7 Å². The number of hydrogen-bond donors (Lipinski definition) is 3. The van der Waals surface area contributed by atoms with Crippen LogP contribution in [-0.4, -0.2) is 36.1 Å². The second-order valence-electron chi connectivity index (χ2n) is 5.79. The van der Waals surface area contributed by atoms with Gasteiger partial charge in [0, 0.05) is 30.9 Å². The normalized spacial score (nSPS) is 11.5. The van der Waals surface area contributed by atoms with E-state index < -0.39 is 10.8 Å². The number of carbonyl (C=O) groups excluding carboxylic acids is 1. The van der Waals surface area contributed by atoms with Crippen LogP contribution in [0.5, 0.6) is 0 Å². The molecule has 1 unspecified atom stereocenters. The lowest BCUT2D eigenvalue weighted by atomic mass is 10.2. The SMILES string of the molecule is C=CC(=O)Nc1cccc(Nc2nc(Nc3cnn(C)c3)ncc2S(C)=O)c1. The number of rotatable bonds is 7. The highest BCUT2D eigenvalue weighted by molar-refractivity contribution is 7.84. The second-order valence-corrected chi connectivity index (χ2v) is 7.14. The van der Waals surface area contributed by atoms with Crippen molar-refractivity contribution in [3.05, 3.63) is 55.5 Å². The van der Waals surface area contributed by atoms with Crippen LogP contribution in [0.25, 0.3) is 0 Å². The van der Waals surface area contributed by atoms with Crippen LogP contribution in [0.15, 0.2) is 60.4 Å². The summed E-state index contributed by atoms with van der Waals surface area (Å²) in [7, 11) is 0.511. The van der Waals surface area contributed by atoms with Crippen molar-refractivity contribution in [3.8, 4) is 0 Å². The van der Waals surface area contributed by atoms with Crippen molar-refractivity contribution in [2.45, 2.75) is 4.90 Å². The Labute approximate surface area is 164 Å². The van der Waals surface area contributed by atoms with Crippen molar-refractivity contribution in [1.29, 1.82) is 0 Å². The van der Waals surface area contributed by atoms with Crippen molar-refractivity contribution in [2.24, 2.45) is 7.05 Å². The number of benzene rings is 1. The first-order valence-electron chi connectivity index (χ1n) is 8.21. The second kappa shape index (κ2) is 8.44. The highest BCUT2D eigenvalue weighted by Crippen LogP contribution is 2.25. The summed E-state index contributed by atoms with van der Waals surface area (Å²) in [4.78, 5) is 20.6. The molecule has 3 rings (SSSR count). The zero-order valence-electron chi connectivity index (χ0n) is 15.3. The highest BCUT2D eigenvalue weighted by Gasteiger charge is 2.12. The summed E-state index contributed by atoms with van der Waals surface area (Å²) in [5, 5.41) is 13.0. The largest absolute Gasteiger partial charge is 0.339 e. The number of amides is 1. The summed E-state index contributed by atoms with van der Waals surface area (Å²) < 4.78 is 13.7. The van der Waals surface area contributed by atoms with Crippen LogP contribution in [-0.2, 0) is 22.6 Å². The van der Waals surface area contributed by atoms with E-state index in [1.54, 1.807) is 48.6 Å². The third-order valence-electron chi connectivity index (χ3n) is 3.60. The van der Waals surface area contributed by atoms with E-state index in [-0.39, 0.29) is 5.91 Å². The average Bonchev–Trinajstić information content (AvgIpc) is 3.06. The van der Waals surface area contributed by atoms with Gasteiger partial charge in [0.2, 0.25) is 11.9 Å². The minimum absolute atomic E-state index is 0.308. The molecule has 2 aromatic heterocycles. The monoisotopic (exact) mass is 397 g/mol. The fourth-order valence-corrected chi connectivity index (χ4v) is 2.92. The fraction of sp³-hybridized carbons (Fsp3) is 0.111. The van der Waals surface area contributed by atoms with Gasteiger partial charge in [-0.2, -0.15) is 10.1 Å². The maximum absolute atomic E-state index is 12.1. The lowest BCUT2D eigenvalue weighted by molar-refractivity contribution is -0.111. The van der Waals surface area contributed by atoms with Gasteiger partial charge in [0.05, 0.1) is 33.8 Å². The van der Waals surface area contributed by atoms with Gasteiger partial charge in [0.25, 0.3) is 0 Å². The molecule has 0 bridgehead atoms. The average molecular weight is 397 g/mol. The number of hydrogen-bond acceptors (Lipinski definition) is 7. The Morgan fingerprint density at radius 3 is 2.68 bits per heavy atom. The summed E-state index contributed by atoms with van der Waals surface area (Å²) in [6.07, 6.45) is 7.69. The minimum atomic E-state index is -1.30. The summed E-state index contributed by atoms with van der Waals surface area (Å²) in [5.41, 5.74) is 1.99. The number of carbonyl (C=O) groups is 1. The van der Waals surface area contributed by atoms with Crippen molar-refractivity contribution < 1.29 is 9.00 Å². The molecular weight excluding hydrogens is 378 g/mol. The Balaban J connectivity index is 1.88. The third kappa shape index (κ3) is 4.80. The molecule has 1 amide bonds. The van der Waals surface area contributed by atoms with Gasteiger partial charge in [-0.05, 0) is 24.3 Å². The van der Waals surface area contributed by atoms with E-state index in [4.69, 9.17) is 0 Å². The van der Waals surface area contributed by atoms with Crippen LogP contribution in [0.3, 0.4) is 0 Å². The maximum Gasteiger partial charge on any atom is 0.247 e. The van der Waals surface area contributed by atoms with E-state index >= 15 is 0 Å². The lowest BCUT2D eigenvalue weighted by Gasteiger charge is -2.12. The van der Waals surface area contributed by atoms with E-state index in [0.717, 1.165) is 5.69 Å². The Bertz CT molecular complexity index is 1050. The van der Waals surface area contributed by atoms with Crippen LogP contribution in [0.2, 0.25) is 0 Å². The van der Waals surface area contributed by atoms with Gasteiger partial charge in [-0.25, -0.2) is 4.98 Å². The van der Waals surface area contributed by atoms with Crippen LogP contribution in [0.4, 0.5) is 28.8 Å². The maximum atomic E-state index is 12.1. The molecule has 0 aliphatic carbocycles. The van der Waals surface area contributed by atoms with Crippen LogP contribution in [0.1, 0.15) is 0 Å². The molecule has 144 valence electrons. The highest BCUT2D eigenvalue weighted by atomic mass is 32.2. The minimum Gasteiger partial charge on any atom is -0.339 e. The lowest BCUT2D eigenvalue weighted by Crippen LogP contribution is -2.08. The number of nitrogens with one attached hydrogen (secondary N) is 3. The molecule has 10 heteroatoms. The van der Waals surface area contributed by atoms with Crippen molar-refractivity contribution in [2.75, 3.05) is 22.2 Å². The molecule has 0 spiro atoms. The molecule has 0 radical (unpaired) electrons. The van der Waals surface area contributed by atoms with Gasteiger partial charge in [-0.1, -0.05) is 12.6 Å². The number of anilines is 5. The predicted molar refractivity (Wildman–Crippen MR) is 109 cm³/mol. The molecule has 0 aliphatic rings. The zero-order valence-corrected chi connectivity index (χ0v) is 16.2. The van der Waals surface area contributed by atoms with Crippen LogP contribution >= 0.6 is 0 Å². The van der Waals surface area contributed by atoms with Crippen molar-refractivity contribution >= 4 is 45.5 Å². The van der Waals surface area contributed by atoms with E-state index in [1.165, 1.54) is 12.3 Å². The van der Waals surface area contributed by atoms with E-state index in [2.05, 4.69) is 37.6 Å². The molecule has 2 heterocycles. The van der Waals surface area contributed by atoms with Gasteiger partial charge < -0.3 is 16.0 Å².